The molecule has 0 unspecified atom stereocenters. The third-order valence-corrected chi connectivity index (χ3v) is 2.93. The van der Waals surface area contributed by atoms with Crippen LogP contribution in [0.3, 0.4) is 0 Å². The van der Waals surface area contributed by atoms with Crippen LogP contribution in [-0.2, 0) is 22.6 Å². The van der Waals surface area contributed by atoms with Crippen LogP contribution in [0.15, 0.2) is 6.20 Å². The molecule has 7 nitrogen and oxygen atoms in total. The number of hydrogen-bond acceptors (Lipinski definition) is 5. The molecule has 0 spiro atoms. The van der Waals surface area contributed by atoms with Crippen molar-refractivity contribution in [3.63, 3.8) is 0 Å². The third-order valence-electron chi connectivity index (χ3n) is 2.93. The van der Waals surface area contributed by atoms with Crippen LogP contribution in [0.1, 0.15) is 25.0 Å². The van der Waals surface area contributed by atoms with E-state index in [2.05, 4.69) is 10.3 Å². The Morgan fingerprint density at radius 1 is 1.22 bits per heavy atom. The van der Waals surface area contributed by atoms with E-state index in [1.54, 1.807) is 4.68 Å². The molecular formula is C11H17N5O2. The first-order valence-electron chi connectivity index (χ1n) is 6.13. The highest BCUT2D eigenvalue weighted by molar-refractivity contribution is 6.01. The minimum absolute atomic E-state index is 0.0940. The summed E-state index contributed by atoms with van der Waals surface area (Å²) in [4.78, 5) is 24.1. The number of aryl methyl sites for hydroxylation is 1. The third kappa shape index (κ3) is 2.92. The van der Waals surface area contributed by atoms with Crippen LogP contribution in [0.25, 0.3) is 0 Å². The van der Waals surface area contributed by atoms with Gasteiger partial charge in [0.2, 0.25) is 11.8 Å². The summed E-state index contributed by atoms with van der Waals surface area (Å²) in [6.07, 6.45) is 4.18. The van der Waals surface area contributed by atoms with Gasteiger partial charge in [-0.15, -0.1) is 5.10 Å². The van der Waals surface area contributed by atoms with Gasteiger partial charge in [-0.05, 0) is 19.4 Å². The summed E-state index contributed by atoms with van der Waals surface area (Å²) < 4.78 is 1.66. The molecule has 0 radical (unpaired) electrons. The molecule has 7 heteroatoms. The van der Waals surface area contributed by atoms with E-state index in [4.69, 9.17) is 5.73 Å². The largest absolute Gasteiger partial charge is 0.330 e. The number of rotatable bonds is 6. The molecule has 2 N–H and O–H groups in total. The summed E-state index contributed by atoms with van der Waals surface area (Å²) >= 11 is 0. The molecular weight excluding hydrogens is 234 g/mol. The molecule has 1 aliphatic rings. The number of carbonyl (C=O) groups excluding carboxylic acids is 2. The van der Waals surface area contributed by atoms with E-state index >= 15 is 0 Å². The monoisotopic (exact) mass is 251 g/mol. The molecule has 0 atom stereocenters. The predicted molar refractivity (Wildman–Crippen MR) is 63.4 cm³/mol. The van der Waals surface area contributed by atoms with E-state index in [9.17, 15) is 9.59 Å². The van der Waals surface area contributed by atoms with Gasteiger partial charge in [0.25, 0.3) is 0 Å². The Morgan fingerprint density at radius 3 is 2.61 bits per heavy atom. The van der Waals surface area contributed by atoms with E-state index in [-0.39, 0.29) is 11.8 Å². The second kappa shape index (κ2) is 5.72. The van der Waals surface area contributed by atoms with E-state index in [0.717, 1.165) is 18.5 Å². The molecule has 2 heterocycles. The molecule has 1 aromatic rings. The zero-order valence-corrected chi connectivity index (χ0v) is 10.2. The molecule has 1 fully saturated rings. The first-order chi connectivity index (χ1) is 8.70. The summed E-state index contributed by atoms with van der Waals surface area (Å²) in [6, 6.07) is 0. The first kappa shape index (κ1) is 12.7. The molecule has 0 bridgehead atoms. The van der Waals surface area contributed by atoms with Gasteiger partial charge < -0.3 is 5.73 Å². The fourth-order valence-electron chi connectivity index (χ4n) is 1.92. The van der Waals surface area contributed by atoms with Gasteiger partial charge >= 0.3 is 0 Å². The van der Waals surface area contributed by atoms with Gasteiger partial charge in [-0.1, -0.05) is 5.21 Å². The van der Waals surface area contributed by atoms with Crippen molar-refractivity contribution in [3.8, 4) is 0 Å². The van der Waals surface area contributed by atoms with Crippen molar-refractivity contribution in [2.75, 3.05) is 13.1 Å². The van der Waals surface area contributed by atoms with Crippen LogP contribution in [-0.4, -0.2) is 44.8 Å². The van der Waals surface area contributed by atoms with Crippen LogP contribution in [0.5, 0.6) is 0 Å². The molecule has 0 saturated carbocycles. The average molecular weight is 251 g/mol. The molecule has 2 rings (SSSR count). The number of likely N-dealkylation sites (tertiary alicyclic amines) is 1. The zero-order chi connectivity index (χ0) is 13.0. The molecule has 1 aliphatic heterocycles. The number of imide groups is 1. The first-order valence-corrected chi connectivity index (χ1v) is 6.13. The molecule has 98 valence electrons. The van der Waals surface area contributed by atoms with E-state index in [0.29, 0.717) is 32.5 Å². The van der Waals surface area contributed by atoms with Gasteiger partial charge in [-0.25, -0.2) is 0 Å². The molecule has 1 aromatic heterocycles. The summed E-state index contributed by atoms with van der Waals surface area (Å²) in [7, 11) is 0. The quantitative estimate of drug-likeness (QED) is 0.676. The van der Waals surface area contributed by atoms with Crippen molar-refractivity contribution in [1.82, 2.24) is 19.9 Å². The van der Waals surface area contributed by atoms with Crippen molar-refractivity contribution in [1.29, 1.82) is 0 Å². The smallest absolute Gasteiger partial charge is 0.229 e. The number of nitrogens with two attached hydrogens (primary N) is 1. The number of nitrogens with zero attached hydrogens (tertiary/aromatic N) is 4. The number of aromatic nitrogens is 3. The van der Waals surface area contributed by atoms with Gasteiger partial charge in [0, 0.05) is 25.6 Å². The van der Waals surface area contributed by atoms with Crippen molar-refractivity contribution in [3.05, 3.63) is 11.9 Å². The van der Waals surface area contributed by atoms with Crippen LogP contribution < -0.4 is 5.73 Å². The van der Waals surface area contributed by atoms with Gasteiger partial charge in [-0.3, -0.25) is 19.2 Å². The second-order valence-electron chi connectivity index (χ2n) is 4.30. The Kier molecular flexibility index (Phi) is 4.03. The minimum Gasteiger partial charge on any atom is -0.330 e. The maximum Gasteiger partial charge on any atom is 0.229 e. The second-order valence-corrected chi connectivity index (χ2v) is 4.30. The molecule has 0 aliphatic carbocycles. The summed E-state index contributed by atoms with van der Waals surface area (Å²) in [5.74, 6) is -0.188. The predicted octanol–water partition coefficient (Wildman–Crippen LogP) is -0.682. The van der Waals surface area contributed by atoms with Crippen LogP contribution in [0.4, 0.5) is 0 Å². The topological polar surface area (TPSA) is 94.1 Å². The lowest BCUT2D eigenvalue weighted by atomic mass is 10.2. The molecule has 18 heavy (non-hydrogen) atoms. The summed E-state index contributed by atoms with van der Waals surface area (Å²) in [6.45, 7) is 1.49. The van der Waals surface area contributed by atoms with Crippen molar-refractivity contribution >= 4 is 11.8 Å². The Bertz CT molecular complexity index is 426. The SMILES string of the molecule is NCCCc1cn(CCN2C(=O)CCC2=O)nn1. The van der Waals surface area contributed by atoms with Crippen molar-refractivity contribution < 1.29 is 9.59 Å². The normalized spacial score (nSPS) is 15.7. The lowest BCUT2D eigenvalue weighted by Crippen LogP contribution is -2.32. The van der Waals surface area contributed by atoms with Gasteiger partial charge in [0.05, 0.1) is 12.2 Å². The van der Waals surface area contributed by atoms with E-state index in [1.165, 1.54) is 4.90 Å². The molecule has 2 amide bonds. The number of carbonyl (C=O) groups is 2. The molecule has 1 saturated heterocycles. The highest BCUT2D eigenvalue weighted by Crippen LogP contribution is 2.11. The number of hydrogen-bond donors (Lipinski definition) is 1. The van der Waals surface area contributed by atoms with E-state index in [1.807, 2.05) is 6.20 Å². The fourth-order valence-corrected chi connectivity index (χ4v) is 1.92. The number of amides is 2. The summed E-state index contributed by atoms with van der Waals surface area (Å²) in [5.41, 5.74) is 6.31. The highest BCUT2D eigenvalue weighted by atomic mass is 16.2. The van der Waals surface area contributed by atoms with Gasteiger partial charge in [-0.2, -0.15) is 0 Å². The standard InChI is InChI=1S/C11H17N5O2/c12-5-1-2-9-8-15(14-13-9)6-7-16-10(17)3-4-11(16)18/h8H,1-7,12H2. The van der Waals surface area contributed by atoms with Crippen LogP contribution in [0, 0.1) is 0 Å². The lowest BCUT2D eigenvalue weighted by molar-refractivity contribution is -0.138. The summed E-state index contributed by atoms with van der Waals surface area (Å²) in [5, 5.41) is 7.96. The Balaban J connectivity index is 1.84. The van der Waals surface area contributed by atoms with Crippen molar-refractivity contribution in [2.45, 2.75) is 32.2 Å². The Morgan fingerprint density at radius 2 is 1.94 bits per heavy atom. The van der Waals surface area contributed by atoms with Crippen LogP contribution in [0.2, 0.25) is 0 Å². The lowest BCUT2D eigenvalue weighted by Gasteiger charge is -2.12. The van der Waals surface area contributed by atoms with Crippen molar-refractivity contribution in [2.24, 2.45) is 5.73 Å². The molecule has 0 aromatic carbocycles. The van der Waals surface area contributed by atoms with E-state index < -0.39 is 0 Å². The maximum absolute atomic E-state index is 11.4. The van der Waals surface area contributed by atoms with Gasteiger partial charge in [0.1, 0.15) is 0 Å². The Hall–Kier alpha value is -1.76. The zero-order valence-electron chi connectivity index (χ0n) is 10.2. The maximum atomic E-state index is 11.4. The minimum atomic E-state index is -0.0940. The fraction of sp³-hybridized carbons (Fsp3) is 0.636. The Labute approximate surface area is 105 Å². The average Bonchev–Trinajstić information content (AvgIpc) is 2.93. The van der Waals surface area contributed by atoms with Crippen LogP contribution >= 0.6 is 0 Å². The van der Waals surface area contributed by atoms with Gasteiger partial charge in [0.15, 0.2) is 0 Å². The highest BCUT2D eigenvalue weighted by Gasteiger charge is 2.28.